The second-order valence-corrected chi connectivity index (χ2v) is 5.55. The number of hydrazine groups is 1. The maximum absolute atomic E-state index is 11.9. The smallest absolute Gasteiger partial charge is 0.242 e. The van der Waals surface area contributed by atoms with Crippen LogP contribution in [0.4, 0.5) is 5.82 Å². The molecule has 1 aromatic rings. The summed E-state index contributed by atoms with van der Waals surface area (Å²) in [5.74, 6) is 5.57. The Bertz CT molecular complexity index is 444. The number of rotatable bonds is 6. The molecule has 0 aliphatic carbocycles. The summed E-state index contributed by atoms with van der Waals surface area (Å²) in [5.41, 5.74) is 2.34. The molecule has 1 atom stereocenters. The van der Waals surface area contributed by atoms with Crippen molar-refractivity contribution in [1.29, 1.82) is 0 Å². The molecule has 0 aliphatic rings. The van der Waals surface area contributed by atoms with Crippen LogP contribution in [0.2, 0.25) is 0 Å². The fraction of sp³-hybridized carbons (Fsp3) is 0.500. The number of hydrogen-bond acceptors (Lipinski definition) is 5. The summed E-state index contributed by atoms with van der Waals surface area (Å²) in [4.78, 5) is 4.00. The molecule has 17 heavy (non-hydrogen) atoms. The molecule has 0 saturated heterocycles. The fourth-order valence-electron chi connectivity index (χ4n) is 1.45. The Morgan fingerprint density at radius 3 is 2.65 bits per heavy atom. The molecule has 6 nitrogen and oxygen atoms in total. The van der Waals surface area contributed by atoms with Gasteiger partial charge in [0.25, 0.3) is 0 Å². The number of nitrogens with one attached hydrogen (secondary N) is 2. The van der Waals surface area contributed by atoms with Gasteiger partial charge in [-0.05, 0) is 25.5 Å². The lowest BCUT2D eigenvalue weighted by molar-refractivity contribution is 0.543. The van der Waals surface area contributed by atoms with Crippen LogP contribution in [-0.2, 0) is 10.0 Å². The van der Waals surface area contributed by atoms with Gasteiger partial charge in [0.2, 0.25) is 10.0 Å². The predicted molar refractivity (Wildman–Crippen MR) is 66.7 cm³/mol. The first-order valence-electron chi connectivity index (χ1n) is 5.44. The van der Waals surface area contributed by atoms with Crippen LogP contribution < -0.4 is 16.0 Å². The van der Waals surface area contributed by atoms with E-state index >= 15 is 0 Å². The van der Waals surface area contributed by atoms with E-state index in [2.05, 4.69) is 15.1 Å². The molecule has 7 heteroatoms. The molecule has 0 bridgehead atoms. The van der Waals surface area contributed by atoms with E-state index < -0.39 is 10.0 Å². The molecule has 0 saturated carbocycles. The summed E-state index contributed by atoms with van der Waals surface area (Å²) in [7, 11) is -3.49. The highest BCUT2D eigenvalue weighted by molar-refractivity contribution is 7.89. The molecule has 4 N–H and O–H groups in total. The lowest BCUT2D eigenvalue weighted by Gasteiger charge is -2.13. The average molecular weight is 258 g/mol. The van der Waals surface area contributed by atoms with E-state index in [4.69, 9.17) is 5.84 Å². The van der Waals surface area contributed by atoms with Crippen LogP contribution in [0.15, 0.2) is 23.2 Å². The van der Waals surface area contributed by atoms with Crippen LogP contribution in [0.1, 0.15) is 26.7 Å². The van der Waals surface area contributed by atoms with E-state index in [9.17, 15) is 8.42 Å². The normalized spacial score (nSPS) is 13.4. The third-order valence-corrected chi connectivity index (χ3v) is 3.85. The van der Waals surface area contributed by atoms with Crippen LogP contribution in [0.3, 0.4) is 0 Å². The first kappa shape index (κ1) is 13.9. The number of nitrogen functional groups attached to an aromatic ring is 1. The third-order valence-electron chi connectivity index (χ3n) is 2.27. The Balaban J connectivity index is 2.82. The van der Waals surface area contributed by atoms with Gasteiger partial charge >= 0.3 is 0 Å². The number of nitrogens with two attached hydrogens (primary N) is 1. The second kappa shape index (κ2) is 5.95. The zero-order chi connectivity index (χ0) is 12.9. The summed E-state index contributed by atoms with van der Waals surface area (Å²) >= 11 is 0. The predicted octanol–water partition coefficient (Wildman–Crippen LogP) is 0.834. The molecule has 0 radical (unpaired) electrons. The topological polar surface area (TPSA) is 97.1 Å². The zero-order valence-corrected chi connectivity index (χ0v) is 10.8. The first-order chi connectivity index (χ1) is 7.99. The van der Waals surface area contributed by atoms with Crippen molar-refractivity contribution in [2.75, 3.05) is 5.43 Å². The third kappa shape index (κ3) is 3.95. The summed E-state index contributed by atoms with van der Waals surface area (Å²) in [6.45, 7) is 3.85. The lowest BCUT2D eigenvalue weighted by atomic mass is 10.2. The monoisotopic (exact) mass is 258 g/mol. The van der Waals surface area contributed by atoms with Crippen LogP contribution in [-0.4, -0.2) is 19.4 Å². The summed E-state index contributed by atoms with van der Waals surface area (Å²) in [5, 5.41) is 0. The van der Waals surface area contributed by atoms with Crippen molar-refractivity contribution in [2.45, 2.75) is 37.6 Å². The molecule has 0 amide bonds. The number of nitrogens with zero attached hydrogens (tertiary/aromatic N) is 1. The van der Waals surface area contributed by atoms with Crippen LogP contribution in [0, 0.1) is 0 Å². The summed E-state index contributed by atoms with van der Waals surface area (Å²) in [6, 6.07) is 2.89. The highest BCUT2D eigenvalue weighted by Gasteiger charge is 2.17. The minimum atomic E-state index is -3.49. The minimum absolute atomic E-state index is 0.0858. The van der Waals surface area contributed by atoms with E-state index in [0.29, 0.717) is 5.82 Å². The van der Waals surface area contributed by atoms with Crippen LogP contribution in [0.5, 0.6) is 0 Å². The van der Waals surface area contributed by atoms with E-state index in [1.54, 1.807) is 0 Å². The molecule has 96 valence electrons. The van der Waals surface area contributed by atoms with Gasteiger partial charge in [0.15, 0.2) is 0 Å². The van der Waals surface area contributed by atoms with Crippen LogP contribution >= 0.6 is 0 Å². The minimum Gasteiger partial charge on any atom is -0.308 e. The Morgan fingerprint density at radius 1 is 1.47 bits per heavy atom. The van der Waals surface area contributed by atoms with Gasteiger partial charge in [-0.1, -0.05) is 13.3 Å². The SMILES string of the molecule is CCCC(C)NS(=O)(=O)c1ccc(NN)nc1. The molecule has 1 rings (SSSR count). The number of aromatic nitrogens is 1. The van der Waals surface area contributed by atoms with E-state index in [1.807, 2.05) is 13.8 Å². The van der Waals surface area contributed by atoms with Gasteiger partial charge < -0.3 is 5.43 Å². The maximum atomic E-state index is 11.9. The standard InChI is InChI=1S/C10H18N4O2S/c1-3-4-8(2)14-17(15,16)9-5-6-10(13-11)12-7-9/h5-8,14H,3-4,11H2,1-2H3,(H,12,13). The van der Waals surface area contributed by atoms with Crippen LogP contribution in [0.25, 0.3) is 0 Å². The van der Waals surface area contributed by atoms with Crippen molar-refractivity contribution in [3.63, 3.8) is 0 Å². The first-order valence-corrected chi connectivity index (χ1v) is 6.93. The van der Waals surface area contributed by atoms with Gasteiger partial charge in [-0.15, -0.1) is 0 Å². The Morgan fingerprint density at radius 2 is 2.18 bits per heavy atom. The highest BCUT2D eigenvalue weighted by atomic mass is 32.2. The van der Waals surface area contributed by atoms with Crippen molar-refractivity contribution in [1.82, 2.24) is 9.71 Å². The molecule has 1 unspecified atom stereocenters. The number of anilines is 1. The number of sulfonamides is 1. The van der Waals surface area contributed by atoms with E-state index in [0.717, 1.165) is 12.8 Å². The fourth-order valence-corrected chi connectivity index (χ4v) is 2.67. The Kier molecular flexibility index (Phi) is 4.86. The van der Waals surface area contributed by atoms with Gasteiger partial charge in [0.05, 0.1) is 0 Å². The molecular weight excluding hydrogens is 240 g/mol. The molecular formula is C10H18N4O2S. The van der Waals surface area contributed by atoms with Crippen molar-refractivity contribution < 1.29 is 8.42 Å². The Hall–Kier alpha value is -1.18. The van der Waals surface area contributed by atoms with Gasteiger partial charge in [0.1, 0.15) is 10.7 Å². The van der Waals surface area contributed by atoms with Gasteiger partial charge in [-0.3, -0.25) is 0 Å². The quantitative estimate of drug-likeness (QED) is 0.519. The second-order valence-electron chi connectivity index (χ2n) is 3.83. The summed E-state index contributed by atoms with van der Waals surface area (Å²) < 4.78 is 26.4. The molecule has 1 aromatic heterocycles. The van der Waals surface area contributed by atoms with E-state index in [1.165, 1.54) is 18.3 Å². The van der Waals surface area contributed by atoms with Crippen molar-refractivity contribution >= 4 is 15.8 Å². The van der Waals surface area contributed by atoms with Crippen molar-refractivity contribution in [3.8, 4) is 0 Å². The van der Waals surface area contributed by atoms with Gasteiger partial charge in [-0.2, -0.15) is 0 Å². The van der Waals surface area contributed by atoms with Gasteiger partial charge in [0, 0.05) is 12.2 Å². The Labute approximate surface area is 102 Å². The lowest BCUT2D eigenvalue weighted by Crippen LogP contribution is -2.32. The maximum Gasteiger partial charge on any atom is 0.242 e. The van der Waals surface area contributed by atoms with Gasteiger partial charge in [-0.25, -0.2) is 24.0 Å². The van der Waals surface area contributed by atoms with Crippen molar-refractivity contribution in [3.05, 3.63) is 18.3 Å². The largest absolute Gasteiger partial charge is 0.308 e. The molecule has 0 fully saturated rings. The molecule has 0 aromatic carbocycles. The molecule has 0 aliphatic heterocycles. The summed E-state index contributed by atoms with van der Waals surface area (Å²) in [6.07, 6.45) is 3.00. The number of hydrogen-bond donors (Lipinski definition) is 3. The van der Waals surface area contributed by atoms with Crippen molar-refractivity contribution in [2.24, 2.45) is 5.84 Å². The number of pyridine rings is 1. The molecule has 1 heterocycles. The molecule has 0 spiro atoms. The zero-order valence-electron chi connectivity index (χ0n) is 9.97. The highest BCUT2D eigenvalue weighted by Crippen LogP contribution is 2.11. The average Bonchev–Trinajstić information content (AvgIpc) is 2.28. The van der Waals surface area contributed by atoms with E-state index in [-0.39, 0.29) is 10.9 Å².